The van der Waals surface area contributed by atoms with Crippen LogP contribution in [0.2, 0.25) is 0 Å². The van der Waals surface area contributed by atoms with Gasteiger partial charge in [0, 0.05) is 18.8 Å². The highest BCUT2D eigenvalue weighted by molar-refractivity contribution is 8.05. The smallest absolute Gasteiger partial charge is 0.344 e. The summed E-state index contributed by atoms with van der Waals surface area (Å²) in [5.74, 6) is 0.988. The Labute approximate surface area is 209 Å². The normalized spacial score (nSPS) is 27.1. The molecule has 0 saturated heterocycles. The van der Waals surface area contributed by atoms with Crippen LogP contribution in [0.15, 0.2) is 69.8 Å². The van der Waals surface area contributed by atoms with Gasteiger partial charge in [0.2, 0.25) is 0 Å². The summed E-state index contributed by atoms with van der Waals surface area (Å²) in [5.41, 5.74) is 0.878. The van der Waals surface area contributed by atoms with Crippen molar-refractivity contribution < 1.29 is 14.3 Å². The van der Waals surface area contributed by atoms with Gasteiger partial charge in [0.05, 0.1) is 10.9 Å². The Bertz CT molecular complexity index is 927. The molecule has 0 aromatic rings. The molecule has 0 aromatic carbocycles. The molecule has 0 amide bonds. The zero-order chi connectivity index (χ0) is 24.0. The average Bonchev–Trinajstić information content (AvgIpc) is 2.85. The van der Waals surface area contributed by atoms with E-state index in [1.54, 1.807) is 0 Å². The van der Waals surface area contributed by atoms with Crippen molar-refractivity contribution >= 4 is 16.9 Å². The fourth-order valence-corrected chi connectivity index (χ4v) is 8.57. The molecule has 0 bridgehead atoms. The minimum Gasteiger partial charge on any atom is -0.486 e. The van der Waals surface area contributed by atoms with Gasteiger partial charge < -0.3 is 9.47 Å². The molecule has 34 heavy (non-hydrogen) atoms. The summed E-state index contributed by atoms with van der Waals surface area (Å²) >= 11 is 0. The first-order chi connectivity index (χ1) is 16.5. The third-order valence-corrected chi connectivity index (χ3v) is 10.2. The van der Waals surface area contributed by atoms with Crippen molar-refractivity contribution in [2.75, 3.05) is 6.61 Å². The van der Waals surface area contributed by atoms with E-state index in [1.165, 1.54) is 16.2 Å². The molecule has 4 heteroatoms. The topological polar surface area (TPSA) is 35.5 Å². The van der Waals surface area contributed by atoms with Gasteiger partial charge in [0.25, 0.3) is 0 Å². The summed E-state index contributed by atoms with van der Waals surface area (Å²) < 4.78 is 12.1. The second-order valence-electron chi connectivity index (χ2n) is 10.1. The molecular weight excluding hydrogens is 440 g/mol. The summed E-state index contributed by atoms with van der Waals surface area (Å²) in [6.45, 7) is 6.51. The highest BCUT2D eigenvalue weighted by Gasteiger charge is 2.40. The molecule has 0 radical (unpaired) electrons. The van der Waals surface area contributed by atoms with Crippen molar-refractivity contribution in [1.29, 1.82) is 0 Å². The van der Waals surface area contributed by atoms with Crippen LogP contribution in [-0.2, 0) is 25.2 Å². The second kappa shape index (κ2) is 11.7. The summed E-state index contributed by atoms with van der Waals surface area (Å²) in [6, 6.07) is 0. The summed E-state index contributed by atoms with van der Waals surface area (Å²) in [5, 5.41) is 0.517. The SMILES string of the molecule is CCC1(OC(=O)COC2=C(C)C=C([S+](C3=CCCC=C3)C3C=CC=CC3)CC2C)CCCCC1. The molecule has 0 spiro atoms. The standard InChI is InChI=1S/C30H41O3S/c1-4-30(18-12-7-13-19-30)33-28(31)22-32-29-23(2)20-27(21-24(29)3)34(25-14-8-5-9-15-25)26-16-10-6-11-17-26/h5,8-10,14,16-17,20,24-25H,4,6-7,11-13,15,18-19,21-22H2,1-3H3/q+1. The molecule has 4 aliphatic rings. The van der Waals surface area contributed by atoms with Gasteiger partial charge in [0.15, 0.2) is 16.8 Å². The number of hydrogen-bond donors (Lipinski definition) is 0. The third kappa shape index (κ3) is 6.00. The zero-order valence-corrected chi connectivity index (χ0v) is 22.0. The Morgan fingerprint density at radius 2 is 1.97 bits per heavy atom. The van der Waals surface area contributed by atoms with E-state index in [-0.39, 0.29) is 35.0 Å². The summed E-state index contributed by atoms with van der Waals surface area (Å²) in [4.78, 5) is 15.7. The number of carbonyl (C=O) groups excluding carboxylic acids is 1. The number of rotatable bonds is 8. The predicted octanol–water partition coefficient (Wildman–Crippen LogP) is 7.59. The van der Waals surface area contributed by atoms with Gasteiger partial charge in [-0.3, -0.25) is 0 Å². The van der Waals surface area contributed by atoms with Gasteiger partial charge in [-0.1, -0.05) is 44.6 Å². The van der Waals surface area contributed by atoms with Crippen LogP contribution in [0.1, 0.15) is 85.0 Å². The Morgan fingerprint density at radius 3 is 2.62 bits per heavy atom. The van der Waals surface area contributed by atoms with Crippen molar-refractivity contribution in [2.45, 2.75) is 95.8 Å². The molecular formula is C30H41O3S+. The van der Waals surface area contributed by atoms with Gasteiger partial charge in [0.1, 0.15) is 16.3 Å². The van der Waals surface area contributed by atoms with Crippen molar-refractivity contribution in [2.24, 2.45) is 5.92 Å². The second-order valence-corrected chi connectivity index (χ2v) is 12.4. The van der Waals surface area contributed by atoms with Crippen molar-refractivity contribution in [1.82, 2.24) is 0 Å². The maximum absolute atomic E-state index is 12.7. The Kier molecular flexibility index (Phi) is 8.63. The number of carbonyl (C=O) groups is 1. The molecule has 4 aliphatic carbocycles. The van der Waals surface area contributed by atoms with Crippen molar-refractivity contribution in [3.63, 3.8) is 0 Å². The fraction of sp³-hybridized carbons (Fsp3) is 0.567. The first-order valence-corrected chi connectivity index (χ1v) is 14.5. The molecule has 1 fully saturated rings. The molecule has 3 unspecified atom stereocenters. The molecule has 0 heterocycles. The van der Waals surface area contributed by atoms with E-state index in [0.717, 1.165) is 69.1 Å². The van der Waals surface area contributed by atoms with Gasteiger partial charge >= 0.3 is 5.97 Å². The van der Waals surface area contributed by atoms with Crippen LogP contribution in [0.4, 0.5) is 0 Å². The molecule has 0 N–H and O–H groups in total. The van der Waals surface area contributed by atoms with Crippen LogP contribution >= 0.6 is 0 Å². The Hall–Kier alpha value is -1.94. The highest BCUT2D eigenvalue weighted by atomic mass is 32.2. The molecule has 3 nitrogen and oxygen atoms in total. The van der Waals surface area contributed by atoms with E-state index >= 15 is 0 Å². The number of esters is 1. The van der Waals surface area contributed by atoms with Crippen LogP contribution in [0.25, 0.3) is 0 Å². The van der Waals surface area contributed by atoms with Crippen LogP contribution < -0.4 is 0 Å². The van der Waals surface area contributed by atoms with Crippen LogP contribution in [0.3, 0.4) is 0 Å². The fourth-order valence-electron chi connectivity index (χ4n) is 5.70. The average molecular weight is 482 g/mol. The van der Waals surface area contributed by atoms with E-state index < -0.39 is 0 Å². The van der Waals surface area contributed by atoms with E-state index in [1.807, 2.05) is 0 Å². The Morgan fingerprint density at radius 1 is 1.15 bits per heavy atom. The largest absolute Gasteiger partial charge is 0.486 e. The lowest BCUT2D eigenvalue weighted by Crippen LogP contribution is -2.37. The maximum Gasteiger partial charge on any atom is 0.344 e. The molecule has 0 aromatic heterocycles. The maximum atomic E-state index is 12.7. The number of allylic oxidation sites excluding steroid dienone is 10. The molecule has 0 aliphatic heterocycles. The van der Waals surface area contributed by atoms with Crippen molar-refractivity contribution in [3.8, 4) is 0 Å². The first kappa shape index (κ1) is 25.2. The molecule has 184 valence electrons. The summed E-state index contributed by atoms with van der Waals surface area (Å²) in [6.07, 6.45) is 29.2. The van der Waals surface area contributed by atoms with Crippen molar-refractivity contribution in [3.05, 3.63) is 69.8 Å². The van der Waals surface area contributed by atoms with Gasteiger partial charge in [-0.05, 0) is 81.7 Å². The molecule has 1 saturated carbocycles. The van der Waals surface area contributed by atoms with E-state index in [4.69, 9.17) is 9.47 Å². The van der Waals surface area contributed by atoms with Gasteiger partial charge in [-0.2, -0.15) is 0 Å². The lowest BCUT2D eigenvalue weighted by Gasteiger charge is -2.36. The lowest BCUT2D eigenvalue weighted by molar-refractivity contribution is -0.168. The summed E-state index contributed by atoms with van der Waals surface area (Å²) in [7, 11) is 0.0513. The number of hydrogen-bond acceptors (Lipinski definition) is 3. The predicted molar refractivity (Wildman–Crippen MR) is 143 cm³/mol. The monoisotopic (exact) mass is 481 g/mol. The van der Waals surface area contributed by atoms with E-state index in [2.05, 4.69) is 69.4 Å². The zero-order valence-electron chi connectivity index (χ0n) is 21.2. The van der Waals surface area contributed by atoms with Gasteiger partial charge in [-0.15, -0.1) is 0 Å². The number of ether oxygens (including phenoxy) is 2. The molecule has 3 atom stereocenters. The Balaban J connectivity index is 1.47. The van der Waals surface area contributed by atoms with Crippen LogP contribution in [0, 0.1) is 5.92 Å². The minimum atomic E-state index is -0.273. The van der Waals surface area contributed by atoms with E-state index in [9.17, 15) is 4.79 Å². The molecule has 4 rings (SSSR count). The first-order valence-electron chi connectivity index (χ1n) is 13.2. The van der Waals surface area contributed by atoms with Crippen LogP contribution in [0.5, 0.6) is 0 Å². The third-order valence-electron chi connectivity index (χ3n) is 7.55. The highest BCUT2D eigenvalue weighted by Crippen LogP contribution is 2.41. The minimum absolute atomic E-state index is 0.0116. The quantitative estimate of drug-likeness (QED) is 0.264. The van der Waals surface area contributed by atoms with Gasteiger partial charge in [-0.25, -0.2) is 4.79 Å². The van der Waals surface area contributed by atoms with E-state index in [0.29, 0.717) is 5.25 Å². The lowest BCUT2D eigenvalue weighted by atomic mass is 9.83. The van der Waals surface area contributed by atoms with Crippen LogP contribution in [-0.4, -0.2) is 23.4 Å².